The summed E-state index contributed by atoms with van der Waals surface area (Å²) in [5, 5.41) is 7.79. The van der Waals surface area contributed by atoms with Crippen LogP contribution in [0.15, 0.2) is 18.2 Å². The normalized spacial score (nSPS) is 11.3. The number of ether oxygens (including phenoxy) is 1. The van der Waals surface area contributed by atoms with Crippen molar-refractivity contribution in [2.24, 2.45) is 7.05 Å². The number of hydrogen-bond donors (Lipinski definition) is 1. The Morgan fingerprint density at radius 1 is 1.33 bits per heavy atom. The molecule has 160 valence electrons. The highest BCUT2D eigenvalue weighted by Crippen LogP contribution is 2.36. The molecule has 0 spiro atoms. The van der Waals surface area contributed by atoms with Gasteiger partial charge in [-0.15, -0.1) is 11.3 Å². The summed E-state index contributed by atoms with van der Waals surface area (Å²) in [6.45, 7) is 5.71. The number of fused-ring (bicyclic) bond motifs is 1. The molecular formula is C21H27N5O3S. The van der Waals surface area contributed by atoms with E-state index < -0.39 is 5.97 Å². The van der Waals surface area contributed by atoms with Crippen LogP contribution in [0, 0.1) is 6.92 Å². The number of hydrogen-bond acceptors (Lipinski definition) is 7. The predicted octanol–water partition coefficient (Wildman–Crippen LogP) is 3.61. The number of pyridine rings is 1. The third-order valence-electron chi connectivity index (χ3n) is 4.78. The quantitative estimate of drug-likeness (QED) is 0.550. The molecule has 0 radical (unpaired) electrons. The third kappa shape index (κ3) is 4.68. The monoisotopic (exact) mass is 429 g/mol. The van der Waals surface area contributed by atoms with Crippen LogP contribution in [-0.4, -0.2) is 52.2 Å². The average molecular weight is 430 g/mol. The molecule has 3 aromatic heterocycles. The van der Waals surface area contributed by atoms with E-state index in [9.17, 15) is 9.59 Å². The molecule has 3 aromatic rings. The van der Waals surface area contributed by atoms with Gasteiger partial charge in [-0.05, 0) is 45.1 Å². The van der Waals surface area contributed by atoms with E-state index in [-0.39, 0.29) is 5.91 Å². The summed E-state index contributed by atoms with van der Waals surface area (Å²) < 4.78 is 6.44. The molecule has 3 rings (SSSR count). The molecule has 0 aliphatic heterocycles. The van der Waals surface area contributed by atoms with Crippen LogP contribution < -0.4 is 5.32 Å². The van der Waals surface area contributed by atoms with E-state index >= 15 is 0 Å². The maximum Gasteiger partial charge on any atom is 0.350 e. The number of thiophene rings is 1. The highest BCUT2D eigenvalue weighted by molar-refractivity contribution is 7.21. The Kier molecular flexibility index (Phi) is 6.84. The van der Waals surface area contributed by atoms with E-state index in [1.54, 1.807) is 13.1 Å². The highest BCUT2D eigenvalue weighted by Gasteiger charge is 2.23. The van der Waals surface area contributed by atoms with Gasteiger partial charge in [-0.25, -0.2) is 9.78 Å². The standard InChI is InChI=1S/C21H27N5O3S/c1-6-7-10-25(3)12-14-8-9-15-17(18(21(28)29-5)30-20(15)22-14)23-19(27)16-11-13(2)24-26(16)4/h8-9,11H,6-7,10,12H2,1-5H3,(H,23,27). The second-order valence-electron chi connectivity index (χ2n) is 7.29. The Morgan fingerprint density at radius 3 is 2.73 bits per heavy atom. The van der Waals surface area contributed by atoms with Crippen LogP contribution in [0.4, 0.5) is 5.69 Å². The molecule has 0 saturated heterocycles. The number of rotatable bonds is 8. The first-order valence-corrected chi connectivity index (χ1v) is 10.7. The van der Waals surface area contributed by atoms with Crippen molar-refractivity contribution in [3.63, 3.8) is 0 Å². The summed E-state index contributed by atoms with van der Waals surface area (Å²) in [5.41, 5.74) is 2.48. The van der Waals surface area contributed by atoms with Gasteiger partial charge in [0.05, 0.1) is 24.2 Å². The minimum Gasteiger partial charge on any atom is -0.465 e. The van der Waals surface area contributed by atoms with E-state index in [1.165, 1.54) is 23.1 Å². The Labute approximate surface area is 179 Å². The molecule has 0 unspecified atom stereocenters. The lowest BCUT2D eigenvalue weighted by Gasteiger charge is -2.15. The van der Waals surface area contributed by atoms with Crippen LogP contribution >= 0.6 is 11.3 Å². The fraction of sp³-hybridized carbons (Fsp3) is 0.429. The molecule has 0 aromatic carbocycles. The lowest BCUT2D eigenvalue weighted by Crippen LogP contribution is -2.19. The Balaban J connectivity index is 1.94. The molecule has 30 heavy (non-hydrogen) atoms. The van der Waals surface area contributed by atoms with Gasteiger partial charge in [-0.1, -0.05) is 13.3 Å². The van der Waals surface area contributed by atoms with Gasteiger partial charge in [0.25, 0.3) is 5.91 Å². The smallest absolute Gasteiger partial charge is 0.350 e. The minimum atomic E-state index is -0.504. The van der Waals surface area contributed by atoms with Crippen molar-refractivity contribution in [3.8, 4) is 0 Å². The minimum absolute atomic E-state index is 0.323. The lowest BCUT2D eigenvalue weighted by molar-refractivity contribution is 0.0607. The van der Waals surface area contributed by atoms with E-state index in [1.807, 2.05) is 19.1 Å². The van der Waals surface area contributed by atoms with Crippen molar-refractivity contribution in [2.45, 2.75) is 33.2 Å². The fourth-order valence-corrected chi connectivity index (χ4v) is 4.32. The number of carbonyl (C=O) groups excluding carboxylic acids is 2. The summed E-state index contributed by atoms with van der Waals surface area (Å²) in [7, 11) is 5.10. The zero-order valence-electron chi connectivity index (χ0n) is 18.0. The molecule has 9 heteroatoms. The van der Waals surface area contributed by atoms with Gasteiger partial charge in [0, 0.05) is 19.0 Å². The van der Waals surface area contributed by atoms with E-state index in [0.29, 0.717) is 26.5 Å². The maximum atomic E-state index is 12.8. The Hall–Kier alpha value is -2.78. The van der Waals surface area contributed by atoms with Crippen molar-refractivity contribution in [1.82, 2.24) is 19.7 Å². The number of amides is 1. The van der Waals surface area contributed by atoms with Gasteiger partial charge in [-0.2, -0.15) is 5.10 Å². The molecule has 0 saturated carbocycles. The number of nitrogens with zero attached hydrogens (tertiary/aromatic N) is 4. The fourth-order valence-electron chi connectivity index (χ4n) is 3.25. The van der Waals surface area contributed by atoms with Crippen LogP contribution in [0.3, 0.4) is 0 Å². The van der Waals surface area contributed by atoms with E-state index in [2.05, 4.69) is 29.3 Å². The van der Waals surface area contributed by atoms with Gasteiger partial charge in [0.2, 0.25) is 0 Å². The van der Waals surface area contributed by atoms with Crippen molar-refractivity contribution in [3.05, 3.63) is 40.2 Å². The van der Waals surface area contributed by atoms with Crippen LogP contribution in [0.1, 0.15) is 51.3 Å². The van der Waals surface area contributed by atoms with Gasteiger partial charge in [-0.3, -0.25) is 9.48 Å². The molecule has 3 heterocycles. The lowest BCUT2D eigenvalue weighted by atomic mass is 10.2. The number of anilines is 1. The van der Waals surface area contributed by atoms with Gasteiger partial charge < -0.3 is 15.0 Å². The second kappa shape index (κ2) is 9.36. The summed E-state index contributed by atoms with van der Waals surface area (Å²) in [5.74, 6) is -0.845. The van der Waals surface area contributed by atoms with Crippen LogP contribution in [-0.2, 0) is 18.3 Å². The second-order valence-corrected chi connectivity index (χ2v) is 8.29. The first-order chi connectivity index (χ1) is 14.3. The van der Waals surface area contributed by atoms with Crippen molar-refractivity contribution < 1.29 is 14.3 Å². The van der Waals surface area contributed by atoms with Crippen LogP contribution in [0.5, 0.6) is 0 Å². The maximum absolute atomic E-state index is 12.8. The summed E-state index contributed by atoms with van der Waals surface area (Å²) in [6.07, 6.45) is 2.28. The highest BCUT2D eigenvalue weighted by atomic mass is 32.1. The Morgan fingerprint density at radius 2 is 2.10 bits per heavy atom. The number of esters is 1. The topological polar surface area (TPSA) is 89.4 Å². The molecule has 0 fully saturated rings. The number of aryl methyl sites for hydroxylation is 2. The predicted molar refractivity (Wildman–Crippen MR) is 118 cm³/mol. The SMILES string of the molecule is CCCCN(C)Cc1ccc2c(NC(=O)c3cc(C)nn3C)c(C(=O)OC)sc2n1. The van der Waals surface area contributed by atoms with Crippen molar-refractivity contribution >= 4 is 39.1 Å². The first-order valence-electron chi connectivity index (χ1n) is 9.85. The number of unbranched alkanes of at least 4 members (excludes halogenated alkanes) is 1. The molecule has 0 aliphatic carbocycles. The zero-order chi connectivity index (χ0) is 21.8. The number of nitrogens with one attached hydrogen (secondary N) is 1. The van der Waals surface area contributed by atoms with Crippen LogP contribution in [0.25, 0.3) is 10.2 Å². The van der Waals surface area contributed by atoms with Crippen molar-refractivity contribution in [1.29, 1.82) is 0 Å². The molecule has 0 atom stereocenters. The van der Waals surface area contributed by atoms with Gasteiger partial charge >= 0.3 is 5.97 Å². The molecule has 0 aliphatic rings. The molecule has 8 nitrogen and oxygen atoms in total. The zero-order valence-corrected chi connectivity index (χ0v) is 18.8. The molecular weight excluding hydrogens is 402 g/mol. The molecule has 0 bridgehead atoms. The summed E-state index contributed by atoms with van der Waals surface area (Å²) in [6, 6.07) is 5.53. The average Bonchev–Trinajstić information content (AvgIpc) is 3.24. The van der Waals surface area contributed by atoms with Gasteiger partial charge in [0.1, 0.15) is 15.4 Å². The van der Waals surface area contributed by atoms with Gasteiger partial charge in [0.15, 0.2) is 0 Å². The van der Waals surface area contributed by atoms with E-state index in [4.69, 9.17) is 9.72 Å². The number of carbonyl (C=O) groups is 2. The number of aromatic nitrogens is 3. The summed E-state index contributed by atoms with van der Waals surface area (Å²) in [4.78, 5) is 33.1. The van der Waals surface area contributed by atoms with Crippen molar-refractivity contribution in [2.75, 3.05) is 26.0 Å². The summed E-state index contributed by atoms with van der Waals surface area (Å²) >= 11 is 1.22. The first kappa shape index (κ1) is 21.9. The molecule has 1 amide bonds. The number of methoxy groups -OCH3 is 1. The van der Waals surface area contributed by atoms with Crippen LogP contribution in [0.2, 0.25) is 0 Å². The molecule has 1 N–H and O–H groups in total. The Bertz CT molecular complexity index is 1070. The third-order valence-corrected chi connectivity index (χ3v) is 5.86. The largest absolute Gasteiger partial charge is 0.465 e. The van der Waals surface area contributed by atoms with E-state index in [0.717, 1.165) is 37.3 Å².